The van der Waals surface area contributed by atoms with E-state index in [-0.39, 0.29) is 24.0 Å². The van der Waals surface area contributed by atoms with Gasteiger partial charge < -0.3 is 20.1 Å². The molecule has 1 atom stereocenters. The molecule has 0 fully saturated rings. The highest BCUT2D eigenvalue weighted by Crippen LogP contribution is 2.18. The molecule has 0 aliphatic heterocycles. The van der Waals surface area contributed by atoms with E-state index in [0.29, 0.717) is 19.8 Å². The second-order valence-electron chi connectivity index (χ2n) is 5.78. The molecule has 5 heteroatoms. The molecule has 0 saturated carbocycles. The number of rotatable bonds is 10. The maximum absolute atomic E-state index is 11.6. The summed E-state index contributed by atoms with van der Waals surface area (Å²) in [5.41, 5.74) is 0.0663. The van der Waals surface area contributed by atoms with Crippen molar-refractivity contribution >= 4 is 5.91 Å². The van der Waals surface area contributed by atoms with E-state index in [1.165, 1.54) is 0 Å². The Bertz CT molecular complexity index is 239. The number of nitrogens with one attached hydrogen (secondary N) is 2. The highest BCUT2D eigenvalue weighted by Gasteiger charge is 2.21. The van der Waals surface area contributed by atoms with Crippen LogP contribution in [0.25, 0.3) is 0 Å². The molecule has 5 nitrogen and oxygen atoms in total. The lowest BCUT2D eigenvalue weighted by Crippen LogP contribution is -2.43. The summed E-state index contributed by atoms with van der Waals surface area (Å²) in [5, 5.41) is 5.94. The summed E-state index contributed by atoms with van der Waals surface area (Å²) in [5.74, 6) is -0.0569. The molecule has 0 aromatic carbocycles. The Morgan fingerprint density at radius 3 is 2.37 bits per heavy atom. The third-order valence-electron chi connectivity index (χ3n) is 2.98. The first-order chi connectivity index (χ1) is 8.88. The molecule has 1 unspecified atom stereocenters. The summed E-state index contributed by atoms with van der Waals surface area (Å²) >= 11 is 0. The fourth-order valence-electron chi connectivity index (χ4n) is 1.20. The Labute approximate surface area is 117 Å². The Morgan fingerprint density at radius 2 is 1.79 bits per heavy atom. The lowest BCUT2D eigenvalue weighted by molar-refractivity contribution is -0.127. The van der Waals surface area contributed by atoms with Gasteiger partial charge in [-0.25, -0.2) is 0 Å². The van der Waals surface area contributed by atoms with E-state index >= 15 is 0 Å². The van der Waals surface area contributed by atoms with E-state index in [1.807, 2.05) is 14.0 Å². The predicted octanol–water partition coefficient (Wildman–Crippen LogP) is 1.18. The van der Waals surface area contributed by atoms with Crippen LogP contribution in [-0.4, -0.2) is 52.0 Å². The monoisotopic (exact) mass is 274 g/mol. The van der Waals surface area contributed by atoms with E-state index < -0.39 is 0 Å². The number of carbonyl (C=O) groups excluding carboxylic acids is 1. The van der Waals surface area contributed by atoms with Crippen molar-refractivity contribution in [2.24, 2.45) is 5.41 Å². The van der Waals surface area contributed by atoms with Crippen LogP contribution < -0.4 is 10.6 Å². The molecule has 1 amide bonds. The molecule has 0 aliphatic carbocycles. The SMILES string of the molecule is CNCCOCCCOCC(=O)NC(C)C(C)(C)C. The zero-order chi connectivity index (χ0) is 14.7. The fourth-order valence-corrected chi connectivity index (χ4v) is 1.20. The Hall–Kier alpha value is -0.650. The van der Waals surface area contributed by atoms with Crippen LogP contribution in [-0.2, 0) is 14.3 Å². The molecule has 19 heavy (non-hydrogen) atoms. The van der Waals surface area contributed by atoms with Gasteiger partial charge >= 0.3 is 0 Å². The average Bonchev–Trinajstić information content (AvgIpc) is 2.31. The standard InChI is InChI=1S/C14H30N2O3/c1-12(14(2,3)4)16-13(17)11-19-9-6-8-18-10-7-15-5/h12,15H,6-11H2,1-5H3,(H,16,17). The van der Waals surface area contributed by atoms with Gasteiger partial charge in [0.15, 0.2) is 0 Å². The lowest BCUT2D eigenvalue weighted by atomic mass is 9.88. The van der Waals surface area contributed by atoms with Crippen molar-refractivity contribution in [2.75, 3.05) is 40.0 Å². The first-order valence-electron chi connectivity index (χ1n) is 6.97. The maximum atomic E-state index is 11.6. The first kappa shape index (κ1) is 18.4. The van der Waals surface area contributed by atoms with E-state index in [2.05, 4.69) is 31.4 Å². The molecule has 0 radical (unpaired) electrons. The number of likely N-dealkylation sites (N-methyl/N-ethyl adjacent to an activating group) is 1. The number of ether oxygens (including phenoxy) is 2. The molecule has 0 aromatic rings. The van der Waals surface area contributed by atoms with Gasteiger partial charge in [-0.15, -0.1) is 0 Å². The third kappa shape index (κ3) is 10.9. The van der Waals surface area contributed by atoms with Crippen molar-refractivity contribution in [2.45, 2.75) is 40.2 Å². The highest BCUT2D eigenvalue weighted by atomic mass is 16.5. The summed E-state index contributed by atoms with van der Waals surface area (Å²) in [7, 11) is 1.89. The Balaban J connectivity index is 3.44. The summed E-state index contributed by atoms with van der Waals surface area (Å²) < 4.78 is 10.7. The molecule has 0 bridgehead atoms. The summed E-state index contributed by atoms with van der Waals surface area (Å²) in [4.78, 5) is 11.6. The van der Waals surface area contributed by atoms with Gasteiger partial charge in [-0.1, -0.05) is 20.8 Å². The number of hydrogen-bond donors (Lipinski definition) is 2. The Morgan fingerprint density at radius 1 is 1.16 bits per heavy atom. The van der Waals surface area contributed by atoms with Gasteiger partial charge in [0.2, 0.25) is 5.91 Å². The minimum absolute atomic E-state index is 0.0569. The summed E-state index contributed by atoms with van der Waals surface area (Å²) in [6.45, 7) is 11.2. The van der Waals surface area contributed by atoms with Crippen LogP contribution in [0.3, 0.4) is 0 Å². The predicted molar refractivity (Wildman–Crippen MR) is 77.2 cm³/mol. The van der Waals surface area contributed by atoms with E-state index in [4.69, 9.17) is 9.47 Å². The normalized spacial score (nSPS) is 13.3. The van der Waals surface area contributed by atoms with E-state index in [9.17, 15) is 4.79 Å². The molecule has 0 aromatic heterocycles. The third-order valence-corrected chi connectivity index (χ3v) is 2.98. The minimum Gasteiger partial charge on any atom is -0.380 e. The van der Waals surface area contributed by atoms with Crippen molar-refractivity contribution in [1.29, 1.82) is 0 Å². The van der Waals surface area contributed by atoms with Crippen LogP contribution in [0.4, 0.5) is 0 Å². The van der Waals surface area contributed by atoms with Crippen LogP contribution in [0.1, 0.15) is 34.1 Å². The van der Waals surface area contributed by atoms with Crippen molar-refractivity contribution in [3.05, 3.63) is 0 Å². The zero-order valence-corrected chi connectivity index (χ0v) is 13.0. The first-order valence-corrected chi connectivity index (χ1v) is 6.97. The van der Waals surface area contributed by atoms with Gasteiger partial charge in [-0.2, -0.15) is 0 Å². The number of amides is 1. The number of carbonyl (C=O) groups is 1. The molecule has 0 spiro atoms. The summed E-state index contributed by atoms with van der Waals surface area (Å²) in [6, 6.07) is 0.133. The average molecular weight is 274 g/mol. The van der Waals surface area contributed by atoms with Crippen molar-refractivity contribution in [3.8, 4) is 0 Å². The topological polar surface area (TPSA) is 59.6 Å². The van der Waals surface area contributed by atoms with Crippen LogP contribution in [0.5, 0.6) is 0 Å². The molecule has 0 heterocycles. The fraction of sp³-hybridized carbons (Fsp3) is 0.929. The smallest absolute Gasteiger partial charge is 0.246 e. The van der Waals surface area contributed by atoms with Crippen LogP contribution in [0.15, 0.2) is 0 Å². The van der Waals surface area contributed by atoms with Crippen LogP contribution >= 0.6 is 0 Å². The molecule has 2 N–H and O–H groups in total. The molecular formula is C14H30N2O3. The van der Waals surface area contributed by atoms with Gasteiger partial charge in [-0.3, -0.25) is 4.79 Å². The van der Waals surface area contributed by atoms with Crippen molar-refractivity contribution in [3.63, 3.8) is 0 Å². The molecule has 0 aliphatic rings. The second-order valence-corrected chi connectivity index (χ2v) is 5.78. The van der Waals surface area contributed by atoms with Gasteiger partial charge in [0, 0.05) is 25.8 Å². The van der Waals surface area contributed by atoms with Gasteiger partial charge in [0.05, 0.1) is 6.61 Å². The largest absolute Gasteiger partial charge is 0.380 e. The molecule has 114 valence electrons. The van der Waals surface area contributed by atoms with Crippen molar-refractivity contribution < 1.29 is 14.3 Å². The van der Waals surface area contributed by atoms with E-state index in [1.54, 1.807) is 0 Å². The van der Waals surface area contributed by atoms with Crippen LogP contribution in [0, 0.1) is 5.41 Å². The molecule has 0 saturated heterocycles. The quantitative estimate of drug-likeness (QED) is 0.587. The maximum Gasteiger partial charge on any atom is 0.246 e. The second kappa shape index (κ2) is 10.2. The Kier molecular flexibility index (Phi) is 9.83. The summed E-state index contributed by atoms with van der Waals surface area (Å²) in [6.07, 6.45) is 0.811. The molecular weight excluding hydrogens is 244 g/mol. The van der Waals surface area contributed by atoms with Crippen molar-refractivity contribution in [1.82, 2.24) is 10.6 Å². The van der Waals surface area contributed by atoms with Crippen LogP contribution in [0.2, 0.25) is 0 Å². The number of hydrogen-bond acceptors (Lipinski definition) is 4. The van der Waals surface area contributed by atoms with Gasteiger partial charge in [0.1, 0.15) is 6.61 Å². The van der Waals surface area contributed by atoms with E-state index in [0.717, 1.165) is 13.0 Å². The van der Waals surface area contributed by atoms with Gasteiger partial charge in [0.25, 0.3) is 0 Å². The minimum atomic E-state index is -0.0569. The highest BCUT2D eigenvalue weighted by molar-refractivity contribution is 5.77. The molecule has 0 rings (SSSR count). The van der Waals surface area contributed by atoms with Gasteiger partial charge in [-0.05, 0) is 25.8 Å². The zero-order valence-electron chi connectivity index (χ0n) is 13.0. The lowest BCUT2D eigenvalue weighted by Gasteiger charge is -2.28.